The fraction of sp³-hybridized carbons (Fsp3) is 0.308. The van der Waals surface area contributed by atoms with Gasteiger partial charge in [0.15, 0.2) is 6.10 Å². The van der Waals surface area contributed by atoms with Crippen LogP contribution in [0.5, 0.6) is 0 Å². The summed E-state index contributed by atoms with van der Waals surface area (Å²) >= 11 is 5.80. The number of hydrogen-bond acceptors (Lipinski definition) is 10. The SMILES string of the molecule is COC1(NC(=O)CBr)C(=O)N2C(C(=O)OC(c3ccccc3)c3ccccc3)=C(C(C)Sc3nn[nH]n3)CSC21. The molecule has 2 aromatic carbocycles. The molecule has 2 amide bonds. The van der Waals surface area contributed by atoms with Gasteiger partial charge in [0.25, 0.3) is 11.6 Å². The number of esters is 1. The lowest BCUT2D eigenvalue weighted by molar-refractivity contribution is -0.192. The van der Waals surface area contributed by atoms with Crippen molar-refractivity contribution in [3.8, 4) is 0 Å². The van der Waals surface area contributed by atoms with Gasteiger partial charge in [0, 0.05) is 18.1 Å². The van der Waals surface area contributed by atoms with Gasteiger partial charge in [-0.25, -0.2) is 4.79 Å². The van der Waals surface area contributed by atoms with Crippen LogP contribution in [0, 0.1) is 0 Å². The second-order valence-corrected chi connectivity index (χ2v) is 11.8. The molecule has 3 heterocycles. The molecule has 208 valence electrons. The molecule has 14 heteroatoms. The number of amides is 2. The van der Waals surface area contributed by atoms with Crippen LogP contribution in [0.25, 0.3) is 0 Å². The number of tetrazole rings is 1. The number of thioether (sulfide) groups is 2. The fourth-order valence-corrected chi connectivity index (χ4v) is 7.27. The molecule has 3 aromatic rings. The third-order valence-corrected chi connectivity index (χ3v) is 9.42. The number of hydrogen-bond donors (Lipinski definition) is 2. The van der Waals surface area contributed by atoms with Crippen molar-refractivity contribution in [2.45, 2.75) is 34.5 Å². The number of rotatable bonds is 10. The van der Waals surface area contributed by atoms with Gasteiger partial charge in [0.1, 0.15) is 11.1 Å². The first-order chi connectivity index (χ1) is 19.4. The zero-order valence-electron chi connectivity index (χ0n) is 21.4. The molecule has 3 unspecified atom stereocenters. The van der Waals surface area contributed by atoms with E-state index in [0.717, 1.165) is 11.1 Å². The van der Waals surface area contributed by atoms with E-state index in [0.29, 0.717) is 16.5 Å². The van der Waals surface area contributed by atoms with Crippen LogP contribution >= 0.6 is 39.5 Å². The number of aromatic nitrogens is 4. The van der Waals surface area contributed by atoms with E-state index in [1.165, 1.54) is 35.5 Å². The zero-order chi connectivity index (χ0) is 28.3. The van der Waals surface area contributed by atoms with Crippen LogP contribution in [0.2, 0.25) is 0 Å². The van der Waals surface area contributed by atoms with Crippen LogP contribution in [-0.2, 0) is 23.9 Å². The van der Waals surface area contributed by atoms with Gasteiger partial charge in [-0.2, -0.15) is 5.21 Å². The smallest absolute Gasteiger partial charge is 0.356 e. The standard InChI is InChI=1S/C26H25BrN6O5S2/c1-15(40-25-29-31-32-30-25)18-14-39-24-26(37-2,28-19(34)13-27)23(36)33(24)20(18)22(35)38-21(16-9-5-3-6-10-16)17-11-7-4-8-12-17/h3-12,15,21,24H,13-14H2,1-2H3,(H,28,34)(H,29,30,31,32). The van der Waals surface area contributed by atoms with Crippen molar-refractivity contribution in [1.82, 2.24) is 30.8 Å². The molecular formula is C26H25BrN6O5S2. The van der Waals surface area contributed by atoms with Crippen LogP contribution in [0.15, 0.2) is 77.1 Å². The van der Waals surface area contributed by atoms with Gasteiger partial charge in [-0.15, -0.1) is 22.0 Å². The van der Waals surface area contributed by atoms with Crippen molar-refractivity contribution in [3.63, 3.8) is 0 Å². The first kappa shape index (κ1) is 28.3. The Balaban J connectivity index is 1.53. The summed E-state index contributed by atoms with van der Waals surface area (Å²) in [6.45, 7) is 1.90. The minimum Gasteiger partial charge on any atom is -0.448 e. The van der Waals surface area contributed by atoms with Gasteiger partial charge < -0.3 is 14.8 Å². The minimum absolute atomic E-state index is 0.00697. The summed E-state index contributed by atoms with van der Waals surface area (Å²) < 4.78 is 11.8. The number of carbonyl (C=O) groups is 3. The molecule has 1 saturated heterocycles. The highest BCUT2D eigenvalue weighted by atomic mass is 79.9. The predicted molar refractivity (Wildman–Crippen MR) is 152 cm³/mol. The number of nitrogens with one attached hydrogen (secondary N) is 2. The van der Waals surface area contributed by atoms with Gasteiger partial charge in [-0.05, 0) is 28.8 Å². The van der Waals surface area contributed by atoms with Crippen LogP contribution in [0.3, 0.4) is 0 Å². The summed E-state index contributed by atoms with van der Waals surface area (Å²) in [7, 11) is 1.36. The number of β-lactam (4-membered cyclic amide) rings is 1. The normalized spacial score (nSPS) is 21.1. The molecule has 1 fully saturated rings. The maximum Gasteiger partial charge on any atom is 0.356 e. The van der Waals surface area contributed by atoms with Crippen molar-refractivity contribution in [2.75, 3.05) is 18.2 Å². The Morgan fingerprint density at radius 3 is 2.40 bits per heavy atom. The number of fused-ring (bicyclic) bond motifs is 1. The van der Waals surface area contributed by atoms with E-state index in [9.17, 15) is 14.4 Å². The molecule has 2 N–H and O–H groups in total. The van der Waals surface area contributed by atoms with Crippen LogP contribution < -0.4 is 5.32 Å². The highest BCUT2D eigenvalue weighted by Crippen LogP contribution is 2.49. The summed E-state index contributed by atoms with van der Waals surface area (Å²) in [6.07, 6.45) is -0.714. The molecule has 11 nitrogen and oxygen atoms in total. The molecule has 5 rings (SSSR count). The van der Waals surface area contributed by atoms with E-state index in [4.69, 9.17) is 9.47 Å². The van der Waals surface area contributed by atoms with Crippen molar-refractivity contribution in [1.29, 1.82) is 0 Å². The summed E-state index contributed by atoms with van der Waals surface area (Å²) in [5.74, 6) is -1.26. The molecule has 2 aliphatic rings. The molecule has 2 aliphatic heterocycles. The number of halogens is 1. The third-order valence-electron chi connectivity index (χ3n) is 6.55. The number of carbonyl (C=O) groups excluding carboxylic acids is 3. The zero-order valence-corrected chi connectivity index (χ0v) is 24.7. The Morgan fingerprint density at radius 1 is 1.20 bits per heavy atom. The minimum atomic E-state index is -1.60. The summed E-state index contributed by atoms with van der Waals surface area (Å²) in [6, 6.07) is 18.8. The molecule has 40 heavy (non-hydrogen) atoms. The maximum absolute atomic E-state index is 14.1. The van der Waals surface area contributed by atoms with E-state index in [-0.39, 0.29) is 16.3 Å². The Kier molecular flexibility index (Phi) is 8.59. The number of H-pyrrole nitrogens is 1. The van der Waals surface area contributed by atoms with E-state index < -0.39 is 35.0 Å². The third kappa shape index (κ3) is 5.28. The Morgan fingerprint density at radius 2 is 1.85 bits per heavy atom. The monoisotopic (exact) mass is 644 g/mol. The first-order valence-corrected chi connectivity index (χ1v) is 15.3. The number of ether oxygens (including phenoxy) is 2. The molecule has 0 spiro atoms. The van der Waals surface area contributed by atoms with Crippen LogP contribution in [-0.4, -0.2) is 77.8 Å². The number of nitrogens with zero attached hydrogens (tertiary/aromatic N) is 4. The van der Waals surface area contributed by atoms with Gasteiger partial charge in [-0.1, -0.05) is 88.4 Å². The largest absolute Gasteiger partial charge is 0.448 e. The second kappa shape index (κ2) is 12.1. The van der Waals surface area contributed by atoms with Crippen LogP contribution in [0.4, 0.5) is 0 Å². The molecule has 1 aromatic heterocycles. The predicted octanol–water partition coefficient (Wildman–Crippen LogP) is 3.04. The highest BCUT2D eigenvalue weighted by molar-refractivity contribution is 9.09. The number of alkyl halides is 1. The first-order valence-electron chi connectivity index (χ1n) is 12.2. The lowest BCUT2D eigenvalue weighted by Gasteiger charge is -2.56. The fourth-order valence-electron chi connectivity index (χ4n) is 4.62. The van der Waals surface area contributed by atoms with Crippen LogP contribution in [0.1, 0.15) is 24.2 Å². The van der Waals surface area contributed by atoms with Gasteiger partial charge in [0.05, 0.1) is 5.33 Å². The number of benzene rings is 2. The van der Waals surface area contributed by atoms with Crippen molar-refractivity contribution in [3.05, 3.63) is 83.1 Å². The van der Waals surface area contributed by atoms with E-state index in [1.54, 1.807) is 0 Å². The molecule has 3 atom stereocenters. The Bertz CT molecular complexity index is 1370. The van der Waals surface area contributed by atoms with E-state index >= 15 is 0 Å². The summed E-state index contributed by atoms with van der Waals surface area (Å²) in [5.41, 5.74) is 0.757. The average Bonchev–Trinajstić information content (AvgIpc) is 3.51. The average molecular weight is 646 g/mol. The highest BCUT2D eigenvalue weighted by Gasteiger charge is 2.67. The van der Waals surface area contributed by atoms with Gasteiger partial charge in [0.2, 0.25) is 11.1 Å². The van der Waals surface area contributed by atoms with Crippen molar-refractivity contribution < 1.29 is 23.9 Å². The summed E-state index contributed by atoms with van der Waals surface area (Å²) in [4.78, 5) is 41.4. The van der Waals surface area contributed by atoms with Crippen molar-refractivity contribution in [2.24, 2.45) is 0 Å². The number of methoxy groups -OCH3 is 1. The van der Waals surface area contributed by atoms with Gasteiger partial charge in [-0.3, -0.25) is 14.5 Å². The Hall–Kier alpha value is -3.20. The van der Waals surface area contributed by atoms with Gasteiger partial charge >= 0.3 is 5.97 Å². The molecule has 0 saturated carbocycles. The quantitative estimate of drug-likeness (QED) is 0.111. The lowest BCUT2D eigenvalue weighted by Crippen LogP contribution is -2.80. The molecular weight excluding hydrogens is 620 g/mol. The molecule has 0 radical (unpaired) electrons. The van der Waals surface area contributed by atoms with E-state index in [1.807, 2.05) is 67.6 Å². The topological polar surface area (TPSA) is 139 Å². The second-order valence-electron chi connectivity index (χ2n) is 8.90. The van der Waals surface area contributed by atoms with E-state index in [2.05, 4.69) is 41.9 Å². The maximum atomic E-state index is 14.1. The molecule has 0 bridgehead atoms. The molecule has 0 aliphatic carbocycles. The Labute approximate surface area is 246 Å². The number of aromatic amines is 1. The summed E-state index contributed by atoms with van der Waals surface area (Å²) in [5, 5.41) is 16.1. The van der Waals surface area contributed by atoms with Crippen molar-refractivity contribution >= 4 is 57.2 Å². The lowest BCUT2D eigenvalue weighted by atomic mass is 9.97.